The molecule has 4 nitrogen and oxygen atoms in total. The van der Waals surface area contributed by atoms with Crippen LogP contribution in [-0.4, -0.2) is 15.5 Å². The molecule has 1 unspecified atom stereocenters. The predicted molar refractivity (Wildman–Crippen MR) is 81.9 cm³/mol. The smallest absolute Gasteiger partial charge is 0.227 e. The average Bonchev–Trinajstić information content (AvgIpc) is 2.85. The van der Waals surface area contributed by atoms with Gasteiger partial charge in [0.1, 0.15) is 0 Å². The van der Waals surface area contributed by atoms with Gasteiger partial charge >= 0.3 is 0 Å². The van der Waals surface area contributed by atoms with Crippen LogP contribution >= 0.6 is 11.8 Å². The van der Waals surface area contributed by atoms with Crippen molar-refractivity contribution in [3.63, 3.8) is 0 Å². The molecule has 1 aromatic carbocycles. The molecule has 0 bridgehead atoms. The van der Waals surface area contributed by atoms with Crippen LogP contribution in [0.15, 0.2) is 46.7 Å². The van der Waals surface area contributed by atoms with E-state index >= 15 is 0 Å². The molecular weight excluding hydrogens is 270 g/mol. The molecule has 5 heteroatoms. The van der Waals surface area contributed by atoms with Gasteiger partial charge in [0.05, 0.1) is 0 Å². The highest BCUT2D eigenvalue weighted by Gasteiger charge is 2.10. The van der Waals surface area contributed by atoms with E-state index in [1.54, 1.807) is 18.0 Å². The van der Waals surface area contributed by atoms with E-state index in [0.717, 1.165) is 22.2 Å². The summed E-state index contributed by atoms with van der Waals surface area (Å²) in [5.74, 6) is 0.105. The summed E-state index contributed by atoms with van der Waals surface area (Å²) in [6, 6.07) is 7.83. The maximum absolute atomic E-state index is 11.8. The SMILES string of the molecule is CCC(C)C(=O)Nc1ccc(Sc2nccn2C)cc1. The zero-order valence-electron chi connectivity index (χ0n) is 12.0. The molecule has 1 aromatic heterocycles. The molecule has 0 aliphatic carbocycles. The number of nitrogens with one attached hydrogen (secondary N) is 1. The van der Waals surface area contributed by atoms with Crippen molar-refractivity contribution in [2.75, 3.05) is 5.32 Å². The number of carbonyl (C=O) groups excluding carboxylic acids is 1. The molecule has 0 fully saturated rings. The third-order valence-electron chi connectivity index (χ3n) is 3.17. The van der Waals surface area contributed by atoms with E-state index in [2.05, 4.69) is 10.3 Å². The summed E-state index contributed by atoms with van der Waals surface area (Å²) in [7, 11) is 1.97. The number of amides is 1. The first-order valence-corrected chi connectivity index (χ1v) is 7.48. The number of imidazole rings is 1. The second-order valence-electron chi connectivity index (χ2n) is 4.75. The summed E-state index contributed by atoms with van der Waals surface area (Å²) in [4.78, 5) is 17.2. The van der Waals surface area contributed by atoms with E-state index < -0.39 is 0 Å². The zero-order valence-corrected chi connectivity index (χ0v) is 12.8. The maximum atomic E-state index is 11.8. The molecule has 0 saturated heterocycles. The Bertz CT molecular complexity index is 577. The summed E-state index contributed by atoms with van der Waals surface area (Å²) in [5, 5.41) is 3.87. The van der Waals surface area contributed by atoms with E-state index in [9.17, 15) is 4.79 Å². The number of hydrogen-bond acceptors (Lipinski definition) is 3. The van der Waals surface area contributed by atoms with Crippen molar-refractivity contribution in [2.24, 2.45) is 13.0 Å². The lowest BCUT2D eigenvalue weighted by Crippen LogP contribution is -2.19. The number of benzene rings is 1. The summed E-state index contributed by atoms with van der Waals surface area (Å²) in [5.41, 5.74) is 0.833. The molecule has 0 aliphatic rings. The number of rotatable bonds is 5. The summed E-state index contributed by atoms with van der Waals surface area (Å²) in [6.45, 7) is 3.94. The number of aromatic nitrogens is 2. The first-order chi connectivity index (χ1) is 9.60. The van der Waals surface area contributed by atoms with E-state index in [4.69, 9.17) is 0 Å². The van der Waals surface area contributed by atoms with Crippen LogP contribution < -0.4 is 5.32 Å². The fourth-order valence-electron chi connectivity index (χ4n) is 1.61. The standard InChI is InChI=1S/C15H19N3OS/c1-4-11(2)14(19)17-12-5-7-13(8-6-12)20-15-16-9-10-18(15)3/h5-11H,4H2,1-3H3,(H,17,19). The Hall–Kier alpha value is -1.75. The second-order valence-corrected chi connectivity index (χ2v) is 5.79. The van der Waals surface area contributed by atoms with Crippen LogP contribution in [0.1, 0.15) is 20.3 Å². The highest BCUT2D eigenvalue weighted by atomic mass is 32.2. The highest BCUT2D eigenvalue weighted by Crippen LogP contribution is 2.26. The van der Waals surface area contributed by atoms with Gasteiger partial charge in [-0.2, -0.15) is 0 Å². The van der Waals surface area contributed by atoms with Crippen LogP contribution in [0, 0.1) is 5.92 Å². The van der Waals surface area contributed by atoms with Gasteiger partial charge in [0, 0.05) is 35.9 Å². The zero-order chi connectivity index (χ0) is 14.5. The Morgan fingerprint density at radius 1 is 1.40 bits per heavy atom. The van der Waals surface area contributed by atoms with E-state index in [1.807, 2.05) is 55.9 Å². The molecule has 0 spiro atoms. The Morgan fingerprint density at radius 2 is 2.10 bits per heavy atom. The number of nitrogens with zero attached hydrogens (tertiary/aromatic N) is 2. The van der Waals surface area contributed by atoms with E-state index in [-0.39, 0.29) is 11.8 Å². The Labute approximate surface area is 123 Å². The minimum absolute atomic E-state index is 0.0385. The van der Waals surface area contributed by atoms with Crippen LogP contribution in [-0.2, 0) is 11.8 Å². The number of carbonyl (C=O) groups is 1. The Morgan fingerprint density at radius 3 is 2.65 bits per heavy atom. The molecule has 106 valence electrons. The molecule has 0 radical (unpaired) electrons. The van der Waals surface area contributed by atoms with Gasteiger partial charge in [-0.1, -0.05) is 25.6 Å². The van der Waals surface area contributed by atoms with Crippen LogP contribution in [0.3, 0.4) is 0 Å². The van der Waals surface area contributed by atoms with Gasteiger partial charge in [0.25, 0.3) is 0 Å². The normalized spacial score (nSPS) is 12.2. The monoisotopic (exact) mass is 289 g/mol. The van der Waals surface area contributed by atoms with Gasteiger partial charge in [0.2, 0.25) is 5.91 Å². The summed E-state index contributed by atoms with van der Waals surface area (Å²) in [6.07, 6.45) is 4.55. The third kappa shape index (κ3) is 3.63. The van der Waals surface area contributed by atoms with Gasteiger partial charge < -0.3 is 9.88 Å². The molecular formula is C15H19N3OS. The minimum Gasteiger partial charge on any atom is -0.329 e. The first kappa shape index (κ1) is 14.7. The van der Waals surface area contributed by atoms with Gasteiger partial charge in [-0.3, -0.25) is 4.79 Å². The van der Waals surface area contributed by atoms with Gasteiger partial charge in [-0.05, 0) is 30.7 Å². The molecule has 0 aliphatic heterocycles. The molecule has 1 heterocycles. The van der Waals surface area contributed by atoms with Crippen LogP contribution in [0.4, 0.5) is 5.69 Å². The molecule has 1 N–H and O–H groups in total. The molecule has 20 heavy (non-hydrogen) atoms. The van der Waals surface area contributed by atoms with Crippen molar-refractivity contribution >= 4 is 23.4 Å². The Balaban J connectivity index is 2.00. The number of aryl methyl sites for hydroxylation is 1. The highest BCUT2D eigenvalue weighted by molar-refractivity contribution is 7.99. The topological polar surface area (TPSA) is 46.9 Å². The predicted octanol–water partition coefficient (Wildman–Crippen LogP) is 3.56. The molecule has 2 rings (SSSR count). The maximum Gasteiger partial charge on any atom is 0.227 e. The van der Waals surface area contributed by atoms with Crippen molar-refractivity contribution in [1.82, 2.24) is 9.55 Å². The van der Waals surface area contributed by atoms with Crippen LogP contribution in [0.5, 0.6) is 0 Å². The van der Waals surface area contributed by atoms with Gasteiger partial charge in [0.15, 0.2) is 5.16 Å². The van der Waals surface area contributed by atoms with E-state index in [0.29, 0.717) is 0 Å². The number of hydrogen-bond donors (Lipinski definition) is 1. The molecule has 1 atom stereocenters. The lowest BCUT2D eigenvalue weighted by atomic mass is 10.1. The van der Waals surface area contributed by atoms with Crippen molar-refractivity contribution in [3.8, 4) is 0 Å². The van der Waals surface area contributed by atoms with Crippen molar-refractivity contribution in [2.45, 2.75) is 30.3 Å². The quantitative estimate of drug-likeness (QED) is 0.915. The Kier molecular flexibility index (Phi) is 4.84. The third-order valence-corrected chi connectivity index (χ3v) is 4.25. The number of anilines is 1. The first-order valence-electron chi connectivity index (χ1n) is 6.66. The largest absolute Gasteiger partial charge is 0.329 e. The average molecular weight is 289 g/mol. The lowest BCUT2D eigenvalue weighted by Gasteiger charge is -2.10. The van der Waals surface area contributed by atoms with Gasteiger partial charge in [-0.25, -0.2) is 4.98 Å². The van der Waals surface area contributed by atoms with Crippen molar-refractivity contribution in [1.29, 1.82) is 0 Å². The molecule has 2 aromatic rings. The fourth-order valence-corrected chi connectivity index (χ4v) is 2.41. The summed E-state index contributed by atoms with van der Waals surface area (Å²) < 4.78 is 1.98. The van der Waals surface area contributed by atoms with Crippen LogP contribution in [0.25, 0.3) is 0 Å². The van der Waals surface area contributed by atoms with Crippen LogP contribution in [0.2, 0.25) is 0 Å². The van der Waals surface area contributed by atoms with Crippen molar-refractivity contribution < 1.29 is 4.79 Å². The van der Waals surface area contributed by atoms with Crippen molar-refractivity contribution in [3.05, 3.63) is 36.7 Å². The second kappa shape index (κ2) is 6.61. The molecule has 1 amide bonds. The lowest BCUT2D eigenvalue weighted by molar-refractivity contribution is -0.119. The summed E-state index contributed by atoms with van der Waals surface area (Å²) >= 11 is 1.60. The van der Waals surface area contributed by atoms with Gasteiger partial charge in [-0.15, -0.1) is 0 Å². The van der Waals surface area contributed by atoms with E-state index in [1.165, 1.54) is 0 Å². The fraction of sp³-hybridized carbons (Fsp3) is 0.333. The minimum atomic E-state index is 0.0385. The molecule has 0 saturated carbocycles.